The van der Waals surface area contributed by atoms with E-state index >= 15 is 0 Å². The molecule has 2 aromatic carbocycles. The lowest BCUT2D eigenvalue weighted by Gasteiger charge is -2.09. The van der Waals surface area contributed by atoms with Gasteiger partial charge in [0.1, 0.15) is 22.3 Å². The Balaban J connectivity index is 1.98. The van der Waals surface area contributed by atoms with E-state index in [-0.39, 0.29) is 16.4 Å². The molecule has 3 rings (SSSR count). The molecular formula is C17H14FN3O2S2. The molecule has 0 aliphatic rings. The number of nitrogens with one attached hydrogen (secondary N) is 1. The zero-order chi connectivity index (χ0) is 18.0. The van der Waals surface area contributed by atoms with Crippen molar-refractivity contribution < 1.29 is 13.9 Å². The molecule has 0 atom stereocenters. The maximum Gasteiger partial charge on any atom is 0.269 e. The number of hydrogen-bond donors (Lipinski definition) is 2. The van der Waals surface area contributed by atoms with Crippen molar-refractivity contribution in [3.63, 3.8) is 0 Å². The largest absolute Gasteiger partial charge is 0.497 e. The van der Waals surface area contributed by atoms with E-state index in [1.165, 1.54) is 12.1 Å². The topological polar surface area (TPSA) is 69.3 Å². The molecule has 25 heavy (non-hydrogen) atoms. The van der Waals surface area contributed by atoms with Crippen molar-refractivity contribution in [2.24, 2.45) is 0 Å². The highest BCUT2D eigenvalue weighted by Gasteiger charge is 2.19. The summed E-state index contributed by atoms with van der Waals surface area (Å²) in [5.74, 6) is -0.204. The van der Waals surface area contributed by atoms with Crippen molar-refractivity contribution >= 4 is 41.0 Å². The average Bonchev–Trinajstić information content (AvgIpc) is 2.91. The zero-order valence-corrected chi connectivity index (χ0v) is 14.8. The number of carbonyl (C=O) groups excluding carboxylic acids is 1. The molecule has 1 amide bonds. The second-order valence-electron chi connectivity index (χ2n) is 5.05. The number of anilines is 2. The van der Waals surface area contributed by atoms with Crippen molar-refractivity contribution in [3.8, 4) is 11.4 Å². The predicted molar refractivity (Wildman–Crippen MR) is 99.8 cm³/mol. The van der Waals surface area contributed by atoms with Gasteiger partial charge < -0.3 is 15.8 Å². The van der Waals surface area contributed by atoms with Gasteiger partial charge in [-0.15, -0.1) is 0 Å². The number of aromatic nitrogens is 1. The molecule has 1 heterocycles. The van der Waals surface area contributed by atoms with E-state index in [0.717, 1.165) is 11.3 Å². The van der Waals surface area contributed by atoms with Crippen LogP contribution in [0.4, 0.5) is 15.9 Å². The number of thiazole rings is 1. The lowest BCUT2D eigenvalue weighted by atomic mass is 10.3. The molecule has 0 aliphatic carbocycles. The molecule has 1 aromatic heterocycles. The number of nitrogens with two attached hydrogens (primary N) is 1. The van der Waals surface area contributed by atoms with Gasteiger partial charge in [0.2, 0.25) is 0 Å². The summed E-state index contributed by atoms with van der Waals surface area (Å²) in [6, 6.07) is 13.1. The summed E-state index contributed by atoms with van der Waals surface area (Å²) in [4.78, 5) is 12.7. The van der Waals surface area contributed by atoms with Crippen LogP contribution >= 0.6 is 23.6 Å². The Morgan fingerprint density at radius 1 is 1.28 bits per heavy atom. The molecule has 0 bridgehead atoms. The van der Waals surface area contributed by atoms with Gasteiger partial charge in [0, 0.05) is 6.07 Å². The highest BCUT2D eigenvalue weighted by molar-refractivity contribution is 7.73. The van der Waals surface area contributed by atoms with Crippen LogP contribution in [-0.2, 0) is 0 Å². The van der Waals surface area contributed by atoms with E-state index in [1.54, 1.807) is 48.1 Å². The third-order valence-corrected chi connectivity index (χ3v) is 4.87. The first kappa shape index (κ1) is 17.1. The fourth-order valence-corrected chi connectivity index (χ4v) is 3.55. The summed E-state index contributed by atoms with van der Waals surface area (Å²) in [5.41, 5.74) is 6.90. The lowest BCUT2D eigenvalue weighted by molar-refractivity contribution is 0.103. The first-order chi connectivity index (χ1) is 12.0. The van der Waals surface area contributed by atoms with Gasteiger partial charge in [-0.1, -0.05) is 29.5 Å². The van der Waals surface area contributed by atoms with E-state index in [4.69, 9.17) is 22.7 Å². The zero-order valence-electron chi connectivity index (χ0n) is 13.2. The number of para-hydroxylation sites is 1. The highest BCUT2D eigenvalue weighted by atomic mass is 32.1. The minimum atomic E-state index is -0.523. The number of nitrogen functional groups attached to an aromatic ring is 1. The minimum absolute atomic E-state index is 0.0825. The molecular weight excluding hydrogens is 361 g/mol. The van der Waals surface area contributed by atoms with E-state index in [1.807, 2.05) is 0 Å². The number of methoxy groups -OCH3 is 1. The summed E-state index contributed by atoms with van der Waals surface area (Å²) >= 11 is 6.40. The maximum absolute atomic E-state index is 13.7. The number of amides is 1. The molecule has 5 nitrogen and oxygen atoms in total. The van der Waals surface area contributed by atoms with Gasteiger partial charge in [-0.3, -0.25) is 9.36 Å². The smallest absolute Gasteiger partial charge is 0.269 e. The van der Waals surface area contributed by atoms with Gasteiger partial charge in [0.25, 0.3) is 5.91 Å². The Morgan fingerprint density at radius 2 is 2.04 bits per heavy atom. The second kappa shape index (κ2) is 7.04. The third-order valence-electron chi connectivity index (χ3n) is 3.49. The minimum Gasteiger partial charge on any atom is -0.497 e. The van der Waals surface area contributed by atoms with Crippen LogP contribution in [0.1, 0.15) is 9.67 Å². The summed E-state index contributed by atoms with van der Waals surface area (Å²) in [7, 11) is 1.56. The molecule has 8 heteroatoms. The number of carbonyl (C=O) groups is 1. The Hall–Kier alpha value is -2.71. The molecule has 0 unspecified atom stereocenters. The number of hydrogen-bond acceptors (Lipinski definition) is 5. The number of halogens is 1. The Kier molecular flexibility index (Phi) is 4.82. The van der Waals surface area contributed by atoms with Crippen molar-refractivity contribution in [1.82, 2.24) is 4.57 Å². The number of rotatable bonds is 4. The van der Waals surface area contributed by atoms with Crippen LogP contribution in [0.2, 0.25) is 0 Å². The quantitative estimate of drug-likeness (QED) is 0.669. The molecule has 128 valence electrons. The van der Waals surface area contributed by atoms with Crippen LogP contribution in [0.25, 0.3) is 5.69 Å². The summed E-state index contributed by atoms with van der Waals surface area (Å²) < 4.78 is 20.9. The van der Waals surface area contributed by atoms with Gasteiger partial charge in [-0.2, -0.15) is 0 Å². The van der Waals surface area contributed by atoms with E-state index in [0.29, 0.717) is 15.4 Å². The van der Waals surface area contributed by atoms with E-state index in [2.05, 4.69) is 5.32 Å². The fourth-order valence-electron chi connectivity index (χ4n) is 2.28. The van der Waals surface area contributed by atoms with Gasteiger partial charge in [0.05, 0.1) is 18.5 Å². The van der Waals surface area contributed by atoms with Crippen LogP contribution < -0.4 is 15.8 Å². The van der Waals surface area contributed by atoms with Crippen molar-refractivity contribution in [1.29, 1.82) is 0 Å². The van der Waals surface area contributed by atoms with Crippen LogP contribution in [0.3, 0.4) is 0 Å². The first-order valence-corrected chi connectivity index (χ1v) is 8.45. The number of nitrogens with zero attached hydrogens (tertiary/aromatic N) is 1. The molecule has 0 spiro atoms. The van der Waals surface area contributed by atoms with E-state index < -0.39 is 11.7 Å². The molecule has 0 saturated carbocycles. The van der Waals surface area contributed by atoms with Crippen molar-refractivity contribution in [3.05, 3.63) is 63.2 Å². The predicted octanol–water partition coefficient (Wildman–Crippen LogP) is 4.25. The molecule has 0 radical (unpaired) electrons. The van der Waals surface area contributed by atoms with Gasteiger partial charge >= 0.3 is 0 Å². The summed E-state index contributed by atoms with van der Waals surface area (Å²) in [6.45, 7) is 0. The van der Waals surface area contributed by atoms with Gasteiger partial charge in [0.15, 0.2) is 3.95 Å². The normalized spacial score (nSPS) is 10.5. The maximum atomic E-state index is 13.7. The van der Waals surface area contributed by atoms with Gasteiger partial charge in [-0.05, 0) is 36.5 Å². The molecule has 0 aliphatic heterocycles. The average molecular weight is 375 g/mol. The highest BCUT2D eigenvalue weighted by Crippen LogP contribution is 2.28. The molecule has 3 aromatic rings. The third kappa shape index (κ3) is 3.40. The summed E-state index contributed by atoms with van der Waals surface area (Å²) in [6.07, 6.45) is 0. The molecule has 0 fully saturated rings. The SMILES string of the molecule is COc1cccc(-n2c(N)c(C(=O)Nc3ccccc3F)sc2=S)c1. The summed E-state index contributed by atoms with van der Waals surface area (Å²) in [5, 5.41) is 2.51. The number of ether oxygens (including phenoxy) is 1. The number of benzene rings is 2. The monoisotopic (exact) mass is 375 g/mol. The van der Waals surface area contributed by atoms with Gasteiger partial charge in [-0.25, -0.2) is 4.39 Å². The van der Waals surface area contributed by atoms with Crippen LogP contribution in [0, 0.1) is 9.77 Å². The Morgan fingerprint density at radius 3 is 2.76 bits per heavy atom. The van der Waals surface area contributed by atoms with Crippen molar-refractivity contribution in [2.45, 2.75) is 0 Å². The standard InChI is InChI=1S/C17H14FN3O2S2/c1-23-11-6-4-5-10(9-11)21-15(19)14(25-17(21)24)16(22)20-13-8-3-2-7-12(13)18/h2-9H,19H2,1H3,(H,20,22). The lowest BCUT2D eigenvalue weighted by Crippen LogP contribution is -2.14. The molecule has 0 saturated heterocycles. The first-order valence-electron chi connectivity index (χ1n) is 7.23. The van der Waals surface area contributed by atoms with Crippen LogP contribution in [-0.4, -0.2) is 17.6 Å². The Bertz CT molecular complexity index is 998. The second-order valence-corrected chi connectivity index (χ2v) is 6.70. The van der Waals surface area contributed by atoms with E-state index in [9.17, 15) is 9.18 Å². The van der Waals surface area contributed by atoms with Crippen LogP contribution in [0.15, 0.2) is 48.5 Å². The molecule has 3 N–H and O–H groups in total. The van der Waals surface area contributed by atoms with Crippen LogP contribution in [0.5, 0.6) is 5.75 Å². The Labute approximate surface area is 152 Å². The van der Waals surface area contributed by atoms with Crippen molar-refractivity contribution in [2.75, 3.05) is 18.2 Å². The fraction of sp³-hybridized carbons (Fsp3) is 0.0588.